The van der Waals surface area contributed by atoms with Gasteiger partial charge in [-0.2, -0.15) is 4.31 Å². The topological polar surface area (TPSA) is 96.0 Å². The first-order chi connectivity index (χ1) is 17.6. The van der Waals surface area contributed by atoms with Crippen LogP contribution in [0.3, 0.4) is 0 Å². The molecule has 0 aliphatic carbocycles. The van der Waals surface area contributed by atoms with Gasteiger partial charge in [0.1, 0.15) is 5.75 Å². The van der Waals surface area contributed by atoms with Crippen LogP contribution in [-0.2, 0) is 21.4 Å². The number of ether oxygens (including phenoxy) is 1. The molecule has 3 aromatic rings. The summed E-state index contributed by atoms with van der Waals surface area (Å²) in [5.74, 6) is -0.00188. The molecule has 1 N–H and O–H groups in total. The minimum Gasteiger partial charge on any atom is -0.479 e. The number of hydrogen-bond donors (Lipinski definition) is 1. The predicted octanol–water partition coefficient (Wildman–Crippen LogP) is 4.59. The van der Waals surface area contributed by atoms with Crippen LogP contribution in [0.25, 0.3) is 0 Å². The van der Waals surface area contributed by atoms with Gasteiger partial charge in [-0.1, -0.05) is 43.7 Å². The Hall–Kier alpha value is -3.69. The first-order valence-electron chi connectivity index (χ1n) is 12.2. The Kier molecular flexibility index (Phi) is 7.65. The van der Waals surface area contributed by atoms with Crippen molar-refractivity contribution in [1.29, 1.82) is 0 Å². The number of nitrogens with zero attached hydrogens (tertiary/aromatic N) is 2. The normalized spacial score (nSPS) is 15.3. The Labute approximate surface area is 217 Å². The molecule has 0 bridgehead atoms. The Morgan fingerprint density at radius 2 is 1.65 bits per heavy atom. The summed E-state index contributed by atoms with van der Waals surface area (Å²) in [6.07, 6.45) is -0.621. The second-order valence-corrected chi connectivity index (χ2v) is 10.9. The molecule has 3 aromatic carbocycles. The van der Waals surface area contributed by atoms with Crippen molar-refractivity contribution in [2.24, 2.45) is 0 Å². The van der Waals surface area contributed by atoms with E-state index in [0.29, 0.717) is 42.3 Å². The van der Waals surface area contributed by atoms with E-state index in [1.54, 1.807) is 43.9 Å². The summed E-state index contributed by atoms with van der Waals surface area (Å²) in [6.45, 7) is 8.39. The zero-order valence-corrected chi connectivity index (χ0v) is 22.2. The number of anilines is 2. The summed E-state index contributed by atoms with van der Waals surface area (Å²) in [7, 11) is -3.61. The number of amides is 2. The maximum Gasteiger partial charge on any atom is 0.268 e. The van der Waals surface area contributed by atoms with Crippen molar-refractivity contribution in [3.05, 3.63) is 83.4 Å². The Morgan fingerprint density at radius 1 is 1.00 bits per heavy atom. The third kappa shape index (κ3) is 5.52. The van der Waals surface area contributed by atoms with Gasteiger partial charge in [0.25, 0.3) is 11.8 Å². The van der Waals surface area contributed by atoms with Crippen LogP contribution in [0.5, 0.6) is 5.75 Å². The minimum atomic E-state index is -3.61. The van der Waals surface area contributed by atoms with Crippen molar-refractivity contribution in [2.45, 2.75) is 45.2 Å². The molecule has 1 aliphatic heterocycles. The van der Waals surface area contributed by atoms with Crippen molar-refractivity contribution in [1.82, 2.24) is 4.31 Å². The summed E-state index contributed by atoms with van der Waals surface area (Å²) in [5.41, 5.74) is 3.49. The largest absolute Gasteiger partial charge is 0.479 e. The second-order valence-electron chi connectivity index (χ2n) is 8.92. The van der Waals surface area contributed by atoms with Gasteiger partial charge >= 0.3 is 0 Å². The number of sulfonamides is 1. The standard InChI is InChI=1S/C28H31N3O5S/c1-5-30(6-2)37(34,35)24-14-11-22(12-15-24)27(32)29-23-13-16-26-25(17-23)31(28(33)20(4)36-26)18-21-9-7-19(3)8-10-21/h7-17,20H,5-6,18H2,1-4H3,(H,29,32). The molecule has 1 aliphatic rings. The number of carbonyl (C=O) groups is 2. The van der Waals surface area contributed by atoms with Crippen LogP contribution < -0.4 is 15.0 Å². The van der Waals surface area contributed by atoms with Gasteiger partial charge in [0.15, 0.2) is 6.10 Å². The van der Waals surface area contributed by atoms with Gasteiger partial charge in [-0.25, -0.2) is 8.42 Å². The maximum atomic E-state index is 13.0. The fourth-order valence-electron chi connectivity index (χ4n) is 4.22. The van der Waals surface area contributed by atoms with Crippen LogP contribution in [0.1, 0.15) is 42.3 Å². The van der Waals surface area contributed by atoms with Crippen LogP contribution >= 0.6 is 0 Å². The molecule has 1 atom stereocenters. The highest BCUT2D eigenvalue weighted by molar-refractivity contribution is 7.89. The third-order valence-electron chi connectivity index (χ3n) is 6.35. The molecule has 1 unspecified atom stereocenters. The minimum absolute atomic E-state index is 0.137. The van der Waals surface area contributed by atoms with Gasteiger partial charge in [-0.3, -0.25) is 9.59 Å². The van der Waals surface area contributed by atoms with Crippen LogP contribution in [0, 0.1) is 6.92 Å². The molecule has 0 saturated heterocycles. The number of benzene rings is 3. The van der Waals surface area contributed by atoms with E-state index >= 15 is 0 Å². The van der Waals surface area contributed by atoms with Crippen molar-refractivity contribution >= 4 is 33.2 Å². The molecule has 37 heavy (non-hydrogen) atoms. The molecule has 8 nitrogen and oxygen atoms in total. The van der Waals surface area contributed by atoms with E-state index in [2.05, 4.69) is 5.32 Å². The van der Waals surface area contributed by atoms with Crippen LogP contribution in [0.15, 0.2) is 71.6 Å². The van der Waals surface area contributed by atoms with Gasteiger partial charge < -0.3 is 15.0 Å². The quantitative estimate of drug-likeness (QED) is 0.468. The molecule has 0 radical (unpaired) electrons. The van der Waals surface area contributed by atoms with Gasteiger partial charge in [-0.15, -0.1) is 0 Å². The number of aryl methyl sites for hydroxylation is 1. The molecule has 1 heterocycles. The van der Waals surface area contributed by atoms with E-state index in [0.717, 1.165) is 11.1 Å². The smallest absolute Gasteiger partial charge is 0.268 e. The van der Waals surface area contributed by atoms with Gasteiger partial charge in [0, 0.05) is 24.3 Å². The third-order valence-corrected chi connectivity index (χ3v) is 8.41. The highest BCUT2D eigenvalue weighted by Crippen LogP contribution is 2.37. The predicted molar refractivity (Wildman–Crippen MR) is 143 cm³/mol. The number of nitrogens with one attached hydrogen (secondary N) is 1. The van der Waals surface area contributed by atoms with Gasteiger partial charge in [0.2, 0.25) is 10.0 Å². The van der Waals surface area contributed by atoms with Gasteiger partial charge in [0.05, 0.1) is 17.1 Å². The van der Waals surface area contributed by atoms with E-state index in [4.69, 9.17) is 4.74 Å². The lowest BCUT2D eigenvalue weighted by molar-refractivity contribution is -0.125. The van der Waals surface area contributed by atoms with Crippen molar-refractivity contribution < 1.29 is 22.7 Å². The Bertz CT molecular complexity index is 1400. The molecule has 9 heteroatoms. The number of carbonyl (C=O) groups excluding carboxylic acids is 2. The lowest BCUT2D eigenvalue weighted by Crippen LogP contribution is -2.44. The van der Waals surface area contributed by atoms with Crippen molar-refractivity contribution in [3.8, 4) is 5.75 Å². The van der Waals surface area contributed by atoms with E-state index in [1.807, 2.05) is 31.2 Å². The second kappa shape index (κ2) is 10.7. The lowest BCUT2D eigenvalue weighted by atomic mass is 10.1. The maximum absolute atomic E-state index is 13.0. The molecular weight excluding hydrogens is 490 g/mol. The molecule has 0 saturated carbocycles. The molecule has 0 aromatic heterocycles. The van der Waals surface area contributed by atoms with E-state index in [-0.39, 0.29) is 10.8 Å². The van der Waals surface area contributed by atoms with Crippen LogP contribution in [-0.4, -0.2) is 43.7 Å². The SMILES string of the molecule is CCN(CC)S(=O)(=O)c1ccc(C(=O)Nc2ccc3c(c2)N(Cc2ccc(C)cc2)C(=O)C(C)O3)cc1. The summed E-state index contributed by atoms with van der Waals surface area (Å²) in [5, 5.41) is 2.84. The number of hydrogen-bond acceptors (Lipinski definition) is 5. The van der Waals surface area contributed by atoms with E-state index in [1.165, 1.54) is 28.6 Å². The molecular formula is C28H31N3O5S. The summed E-state index contributed by atoms with van der Waals surface area (Å²) in [4.78, 5) is 27.7. The Balaban J connectivity index is 1.55. The average Bonchev–Trinajstić information content (AvgIpc) is 2.89. The molecule has 4 rings (SSSR count). The highest BCUT2D eigenvalue weighted by atomic mass is 32.2. The molecule has 194 valence electrons. The molecule has 0 fully saturated rings. The monoisotopic (exact) mass is 521 g/mol. The first-order valence-corrected chi connectivity index (χ1v) is 13.7. The summed E-state index contributed by atoms with van der Waals surface area (Å²) in [6, 6.07) is 19.0. The first kappa shape index (κ1) is 26.4. The van der Waals surface area contributed by atoms with Crippen LogP contribution in [0.2, 0.25) is 0 Å². The van der Waals surface area contributed by atoms with Crippen LogP contribution in [0.4, 0.5) is 11.4 Å². The number of rotatable bonds is 8. The molecule has 2 amide bonds. The lowest BCUT2D eigenvalue weighted by Gasteiger charge is -2.33. The zero-order chi connectivity index (χ0) is 26.7. The molecule has 0 spiro atoms. The average molecular weight is 522 g/mol. The van der Waals surface area contributed by atoms with E-state index in [9.17, 15) is 18.0 Å². The van der Waals surface area contributed by atoms with Gasteiger partial charge in [-0.05, 0) is 61.9 Å². The van der Waals surface area contributed by atoms with E-state index < -0.39 is 22.0 Å². The fraction of sp³-hybridized carbons (Fsp3) is 0.286. The zero-order valence-electron chi connectivity index (χ0n) is 21.4. The summed E-state index contributed by atoms with van der Waals surface area (Å²) < 4.78 is 32.6. The van der Waals surface area contributed by atoms with Crippen molar-refractivity contribution in [3.63, 3.8) is 0 Å². The number of fused-ring (bicyclic) bond motifs is 1. The summed E-state index contributed by atoms with van der Waals surface area (Å²) >= 11 is 0. The van der Waals surface area contributed by atoms with Crippen molar-refractivity contribution in [2.75, 3.05) is 23.3 Å². The highest BCUT2D eigenvalue weighted by Gasteiger charge is 2.32. The fourth-order valence-corrected chi connectivity index (χ4v) is 5.68. The Morgan fingerprint density at radius 3 is 2.27 bits per heavy atom.